The summed E-state index contributed by atoms with van der Waals surface area (Å²) in [6.07, 6.45) is 3.20. The van der Waals surface area contributed by atoms with E-state index >= 15 is 0 Å². The van der Waals surface area contributed by atoms with Crippen LogP contribution >= 0.6 is 23.2 Å². The van der Waals surface area contributed by atoms with Gasteiger partial charge in [0.25, 0.3) is 0 Å². The number of nitrogens with one attached hydrogen (secondary N) is 2. The zero-order chi connectivity index (χ0) is 26.7. The number of hydrogen-bond donors (Lipinski definition) is 2. The van der Waals surface area contributed by atoms with Gasteiger partial charge in [0.05, 0.1) is 41.4 Å². The second-order valence-corrected chi connectivity index (χ2v) is 11.9. The Bertz CT molecular complexity index is 1430. The number of sulfone groups is 1. The summed E-state index contributed by atoms with van der Waals surface area (Å²) in [5.74, 6) is 1.05. The molecule has 2 N–H and O–H groups in total. The molecule has 10 nitrogen and oxygen atoms in total. The molecule has 2 heterocycles. The van der Waals surface area contributed by atoms with E-state index in [2.05, 4.69) is 25.7 Å². The van der Waals surface area contributed by atoms with Gasteiger partial charge in [0, 0.05) is 30.4 Å². The summed E-state index contributed by atoms with van der Waals surface area (Å²) >= 11 is 12.4. The van der Waals surface area contributed by atoms with Crippen LogP contribution in [0.4, 0.5) is 28.8 Å². The van der Waals surface area contributed by atoms with Crippen LogP contribution in [0, 0.1) is 0 Å². The summed E-state index contributed by atoms with van der Waals surface area (Å²) in [6, 6.07) is 10.3. The SMILES string of the molecule is COc1cc(N2C=NN(C)CC2)ccc1Nc1ncc(Cl)c(Nc2ccc(Cl)cc2S(=O)(=O)C(C)C)n1. The average molecular weight is 564 g/mol. The zero-order valence-electron chi connectivity index (χ0n) is 20.7. The van der Waals surface area contributed by atoms with Crippen LogP contribution in [0.2, 0.25) is 10.0 Å². The maximum absolute atomic E-state index is 12.9. The van der Waals surface area contributed by atoms with Crippen molar-refractivity contribution >= 4 is 68.2 Å². The maximum atomic E-state index is 12.9. The van der Waals surface area contributed by atoms with Gasteiger partial charge in [-0.25, -0.2) is 13.4 Å². The van der Waals surface area contributed by atoms with E-state index in [1.54, 1.807) is 39.4 Å². The molecule has 1 aromatic heterocycles. The quantitative estimate of drug-likeness (QED) is 0.383. The third kappa shape index (κ3) is 6.00. The van der Waals surface area contributed by atoms with E-state index in [0.717, 1.165) is 18.8 Å². The Morgan fingerprint density at radius 1 is 1.05 bits per heavy atom. The first-order chi connectivity index (χ1) is 17.6. The molecule has 0 amide bonds. The Morgan fingerprint density at radius 2 is 1.81 bits per heavy atom. The Hall–Kier alpha value is -3.28. The predicted octanol–water partition coefficient (Wildman–Crippen LogP) is 5.16. The highest BCUT2D eigenvalue weighted by Gasteiger charge is 2.24. The molecule has 0 saturated carbocycles. The maximum Gasteiger partial charge on any atom is 0.229 e. The summed E-state index contributed by atoms with van der Waals surface area (Å²) in [7, 11) is -0.126. The number of hydrazone groups is 1. The van der Waals surface area contributed by atoms with Crippen molar-refractivity contribution in [1.82, 2.24) is 15.0 Å². The van der Waals surface area contributed by atoms with Crippen molar-refractivity contribution < 1.29 is 13.2 Å². The van der Waals surface area contributed by atoms with Crippen LogP contribution in [0.3, 0.4) is 0 Å². The molecule has 0 spiro atoms. The predicted molar refractivity (Wildman–Crippen MR) is 149 cm³/mol. The third-order valence-electron chi connectivity index (χ3n) is 5.68. The highest BCUT2D eigenvalue weighted by Crippen LogP contribution is 2.34. The topological polar surface area (TPSA) is 112 Å². The standard InChI is InChI=1S/C24H27Cl2N7O3S/c1-15(2)37(34,35)22-11-16(25)5-7-20(22)29-23-18(26)13-27-24(31-23)30-19-8-6-17(12-21(19)36-4)33-10-9-32(3)28-14-33/h5-8,11-15H,9-10H2,1-4H3,(H2,27,29,30,31). The lowest BCUT2D eigenvalue weighted by Gasteiger charge is -2.28. The summed E-state index contributed by atoms with van der Waals surface area (Å²) < 4.78 is 31.4. The summed E-state index contributed by atoms with van der Waals surface area (Å²) in [5.41, 5.74) is 1.88. The molecule has 13 heteroatoms. The van der Waals surface area contributed by atoms with Crippen LogP contribution in [-0.2, 0) is 9.84 Å². The number of halogens is 2. The van der Waals surface area contributed by atoms with E-state index in [1.165, 1.54) is 12.3 Å². The largest absolute Gasteiger partial charge is 0.494 e. The van der Waals surface area contributed by atoms with Crippen LogP contribution < -0.4 is 20.3 Å². The van der Waals surface area contributed by atoms with Crippen LogP contribution in [0.25, 0.3) is 0 Å². The van der Waals surface area contributed by atoms with Crippen molar-refractivity contribution in [2.75, 3.05) is 42.8 Å². The third-order valence-corrected chi connectivity index (χ3v) is 8.39. The van der Waals surface area contributed by atoms with Crippen molar-refractivity contribution in [2.45, 2.75) is 24.0 Å². The minimum atomic E-state index is -3.63. The van der Waals surface area contributed by atoms with Crippen molar-refractivity contribution in [1.29, 1.82) is 0 Å². The van der Waals surface area contributed by atoms with Gasteiger partial charge in [0.2, 0.25) is 5.95 Å². The minimum absolute atomic E-state index is 0.0592. The van der Waals surface area contributed by atoms with E-state index in [9.17, 15) is 8.42 Å². The number of likely N-dealkylation sites (N-methyl/N-ethyl adjacent to an activating group) is 1. The summed E-state index contributed by atoms with van der Waals surface area (Å²) in [4.78, 5) is 10.8. The van der Waals surface area contributed by atoms with Gasteiger partial charge in [-0.2, -0.15) is 10.1 Å². The first-order valence-electron chi connectivity index (χ1n) is 11.4. The molecule has 1 aliphatic rings. The Kier molecular flexibility index (Phi) is 7.96. The molecular formula is C24H27Cl2N7O3S. The molecule has 196 valence electrons. The molecule has 3 aromatic rings. The van der Waals surface area contributed by atoms with Crippen molar-refractivity contribution in [3.05, 3.63) is 52.6 Å². The van der Waals surface area contributed by atoms with Crippen LogP contribution in [0.15, 0.2) is 52.6 Å². The molecule has 0 aliphatic carbocycles. The van der Waals surface area contributed by atoms with Crippen LogP contribution in [-0.4, -0.2) is 62.2 Å². The molecule has 0 atom stereocenters. The molecule has 1 aliphatic heterocycles. The summed E-state index contributed by atoms with van der Waals surface area (Å²) in [5, 5.41) is 12.2. The van der Waals surface area contributed by atoms with E-state index in [1.807, 2.05) is 35.2 Å². The molecule has 0 radical (unpaired) electrons. The zero-order valence-corrected chi connectivity index (χ0v) is 23.1. The van der Waals surface area contributed by atoms with E-state index < -0.39 is 15.1 Å². The number of ether oxygens (including phenoxy) is 1. The van der Waals surface area contributed by atoms with Gasteiger partial charge < -0.3 is 20.3 Å². The molecular weight excluding hydrogens is 537 g/mol. The van der Waals surface area contributed by atoms with E-state index in [4.69, 9.17) is 27.9 Å². The lowest BCUT2D eigenvalue weighted by molar-refractivity contribution is 0.353. The summed E-state index contributed by atoms with van der Waals surface area (Å²) in [6.45, 7) is 4.81. The number of hydrogen-bond acceptors (Lipinski definition) is 10. The van der Waals surface area contributed by atoms with Gasteiger partial charge in [-0.05, 0) is 44.2 Å². The number of methoxy groups -OCH3 is 1. The first kappa shape index (κ1) is 26.8. The fraction of sp³-hybridized carbons (Fsp3) is 0.292. The fourth-order valence-electron chi connectivity index (χ4n) is 3.53. The molecule has 0 fully saturated rings. The highest BCUT2D eigenvalue weighted by atomic mass is 35.5. The Balaban J connectivity index is 1.61. The van der Waals surface area contributed by atoms with Gasteiger partial charge in [0.1, 0.15) is 17.1 Å². The lowest BCUT2D eigenvalue weighted by atomic mass is 10.2. The smallest absolute Gasteiger partial charge is 0.229 e. The molecule has 37 heavy (non-hydrogen) atoms. The molecule has 4 rings (SSSR count). The highest BCUT2D eigenvalue weighted by molar-refractivity contribution is 7.92. The van der Waals surface area contributed by atoms with Gasteiger partial charge >= 0.3 is 0 Å². The van der Waals surface area contributed by atoms with Gasteiger partial charge in [-0.1, -0.05) is 23.2 Å². The van der Waals surface area contributed by atoms with E-state index in [-0.39, 0.29) is 21.7 Å². The number of benzene rings is 2. The number of rotatable bonds is 8. The van der Waals surface area contributed by atoms with Gasteiger partial charge in [-0.15, -0.1) is 0 Å². The number of nitrogens with zero attached hydrogens (tertiary/aromatic N) is 5. The van der Waals surface area contributed by atoms with E-state index in [0.29, 0.717) is 22.1 Å². The van der Waals surface area contributed by atoms with Gasteiger partial charge in [0.15, 0.2) is 15.7 Å². The molecule has 0 unspecified atom stereocenters. The normalized spacial score (nSPS) is 13.7. The van der Waals surface area contributed by atoms with Crippen molar-refractivity contribution in [2.24, 2.45) is 5.10 Å². The minimum Gasteiger partial charge on any atom is -0.494 e. The van der Waals surface area contributed by atoms with Crippen LogP contribution in [0.1, 0.15) is 13.8 Å². The average Bonchev–Trinajstić information content (AvgIpc) is 2.87. The van der Waals surface area contributed by atoms with Crippen molar-refractivity contribution in [3.8, 4) is 5.75 Å². The van der Waals surface area contributed by atoms with Crippen LogP contribution in [0.5, 0.6) is 5.75 Å². The second-order valence-electron chi connectivity index (χ2n) is 8.56. The lowest BCUT2D eigenvalue weighted by Crippen LogP contribution is -2.35. The second kappa shape index (κ2) is 11.0. The molecule has 2 aromatic carbocycles. The Morgan fingerprint density at radius 3 is 2.49 bits per heavy atom. The van der Waals surface area contributed by atoms with Gasteiger partial charge in [-0.3, -0.25) is 5.01 Å². The molecule has 0 saturated heterocycles. The number of anilines is 5. The fourth-order valence-corrected chi connectivity index (χ4v) is 5.13. The van der Waals surface area contributed by atoms with Crippen molar-refractivity contribution in [3.63, 3.8) is 0 Å². The molecule has 0 bridgehead atoms. The number of aromatic nitrogens is 2. The first-order valence-corrected chi connectivity index (χ1v) is 13.7. The monoisotopic (exact) mass is 563 g/mol. The Labute approximate surface area is 226 Å².